The lowest BCUT2D eigenvalue weighted by Gasteiger charge is -2.14. The highest BCUT2D eigenvalue weighted by Crippen LogP contribution is 2.18. The van der Waals surface area contributed by atoms with Crippen LogP contribution in [-0.2, 0) is 14.8 Å². The molecule has 126 valence electrons. The Hall–Kier alpha value is -1.77. The van der Waals surface area contributed by atoms with Crippen LogP contribution < -0.4 is 4.72 Å². The summed E-state index contributed by atoms with van der Waals surface area (Å²) in [6, 6.07) is 3.45. The van der Waals surface area contributed by atoms with Crippen LogP contribution >= 0.6 is 0 Å². The molecule has 0 aliphatic heterocycles. The third-order valence-electron chi connectivity index (χ3n) is 3.30. The van der Waals surface area contributed by atoms with Crippen molar-refractivity contribution in [1.82, 2.24) is 14.5 Å². The van der Waals surface area contributed by atoms with Gasteiger partial charge in [0.2, 0.25) is 10.0 Å². The Balaban J connectivity index is 2.22. The molecule has 2 aromatic rings. The summed E-state index contributed by atoms with van der Waals surface area (Å²) in [7, 11) is -2.23. The monoisotopic (exact) mass is 341 g/mol. The van der Waals surface area contributed by atoms with Crippen LogP contribution in [0.15, 0.2) is 35.5 Å². The second kappa shape index (κ2) is 7.20. The lowest BCUT2D eigenvalue weighted by molar-refractivity contribution is 0.188. The van der Waals surface area contributed by atoms with Crippen LogP contribution in [0.1, 0.15) is 18.9 Å². The van der Waals surface area contributed by atoms with E-state index in [1.807, 2.05) is 6.92 Å². The van der Waals surface area contributed by atoms with Crippen molar-refractivity contribution in [2.45, 2.75) is 31.2 Å². The number of ether oxygens (including phenoxy) is 1. The Morgan fingerprint density at radius 3 is 2.74 bits per heavy atom. The quantitative estimate of drug-likeness (QED) is 0.836. The van der Waals surface area contributed by atoms with Crippen LogP contribution in [-0.4, -0.2) is 38.0 Å². The molecule has 0 radical (unpaired) electrons. The molecule has 1 aromatic heterocycles. The standard InChI is InChI=1S/C15H20FN3O3S/c1-11-9-17-19(10-11)15-5-4-13(8-14(15)16)23(20,21)18-12(2)6-7-22-3/h4-5,8-10,12,18H,6-7H2,1-3H3. The molecule has 6 nitrogen and oxygen atoms in total. The summed E-state index contributed by atoms with van der Waals surface area (Å²) >= 11 is 0. The van der Waals surface area contributed by atoms with Gasteiger partial charge in [-0.2, -0.15) is 5.10 Å². The molecule has 0 spiro atoms. The summed E-state index contributed by atoms with van der Waals surface area (Å²) in [6.45, 7) is 4.01. The zero-order chi connectivity index (χ0) is 17.0. The second-order valence-electron chi connectivity index (χ2n) is 5.38. The van der Waals surface area contributed by atoms with Crippen LogP contribution in [0.4, 0.5) is 4.39 Å². The molecule has 0 fully saturated rings. The Morgan fingerprint density at radius 1 is 1.43 bits per heavy atom. The third kappa shape index (κ3) is 4.37. The van der Waals surface area contributed by atoms with E-state index >= 15 is 0 Å². The molecule has 0 bridgehead atoms. The van der Waals surface area contributed by atoms with E-state index in [-0.39, 0.29) is 16.6 Å². The molecule has 1 aromatic carbocycles. The van der Waals surface area contributed by atoms with E-state index in [4.69, 9.17) is 4.74 Å². The molecule has 0 aliphatic rings. The van der Waals surface area contributed by atoms with Gasteiger partial charge in [0.25, 0.3) is 0 Å². The van der Waals surface area contributed by atoms with Gasteiger partial charge in [0, 0.05) is 26.0 Å². The first-order valence-corrected chi connectivity index (χ1v) is 8.64. The van der Waals surface area contributed by atoms with Crippen LogP contribution in [0.25, 0.3) is 5.69 Å². The van der Waals surface area contributed by atoms with Gasteiger partial charge in [0.1, 0.15) is 11.5 Å². The maximum atomic E-state index is 14.2. The SMILES string of the molecule is COCCC(C)NS(=O)(=O)c1ccc(-n2cc(C)cn2)c(F)c1. The second-order valence-corrected chi connectivity index (χ2v) is 7.09. The van der Waals surface area contributed by atoms with Crippen molar-refractivity contribution < 1.29 is 17.5 Å². The molecule has 1 N–H and O–H groups in total. The zero-order valence-corrected chi connectivity index (χ0v) is 14.1. The number of methoxy groups -OCH3 is 1. The van der Waals surface area contributed by atoms with E-state index in [0.717, 1.165) is 11.6 Å². The third-order valence-corrected chi connectivity index (χ3v) is 4.89. The number of nitrogens with one attached hydrogen (secondary N) is 1. The number of halogens is 1. The normalized spacial score (nSPS) is 13.2. The van der Waals surface area contributed by atoms with Gasteiger partial charge in [-0.1, -0.05) is 0 Å². The van der Waals surface area contributed by atoms with Crippen LogP contribution in [0.2, 0.25) is 0 Å². The molecule has 0 amide bonds. The first-order valence-electron chi connectivity index (χ1n) is 7.16. The Bertz CT molecular complexity index is 774. The predicted molar refractivity (Wildman–Crippen MR) is 84.5 cm³/mol. The largest absolute Gasteiger partial charge is 0.385 e. The fourth-order valence-electron chi connectivity index (χ4n) is 2.07. The molecule has 2 rings (SSSR count). The summed E-state index contributed by atoms with van der Waals surface area (Å²) in [5.41, 5.74) is 1.08. The van der Waals surface area contributed by atoms with Gasteiger partial charge >= 0.3 is 0 Å². The van der Waals surface area contributed by atoms with Crippen molar-refractivity contribution in [3.8, 4) is 5.69 Å². The van der Waals surface area contributed by atoms with E-state index in [9.17, 15) is 12.8 Å². The van der Waals surface area contributed by atoms with E-state index in [2.05, 4.69) is 9.82 Å². The molecule has 8 heteroatoms. The number of aromatic nitrogens is 2. The molecular weight excluding hydrogens is 321 g/mol. The van der Waals surface area contributed by atoms with Crippen LogP contribution in [0.3, 0.4) is 0 Å². The fourth-order valence-corrected chi connectivity index (χ4v) is 3.36. The van der Waals surface area contributed by atoms with Crippen molar-refractivity contribution in [1.29, 1.82) is 0 Å². The lowest BCUT2D eigenvalue weighted by atomic mass is 10.3. The number of rotatable bonds is 7. The first-order chi connectivity index (χ1) is 10.8. The van der Waals surface area contributed by atoms with Crippen LogP contribution in [0.5, 0.6) is 0 Å². The van der Waals surface area contributed by atoms with Gasteiger partial charge in [0.05, 0.1) is 11.1 Å². The molecule has 0 saturated carbocycles. The first kappa shape index (κ1) is 17.6. The highest BCUT2D eigenvalue weighted by atomic mass is 32.2. The summed E-state index contributed by atoms with van der Waals surface area (Å²) in [6.07, 6.45) is 3.80. The summed E-state index contributed by atoms with van der Waals surface area (Å²) in [5, 5.41) is 4.02. The van der Waals surface area contributed by atoms with Gasteiger partial charge < -0.3 is 4.74 Å². The average Bonchev–Trinajstić information content (AvgIpc) is 2.90. The number of hydrogen-bond acceptors (Lipinski definition) is 4. The highest BCUT2D eigenvalue weighted by molar-refractivity contribution is 7.89. The zero-order valence-electron chi connectivity index (χ0n) is 13.3. The van der Waals surface area contributed by atoms with Crippen molar-refractivity contribution in [2.24, 2.45) is 0 Å². The van der Waals surface area contributed by atoms with E-state index in [0.29, 0.717) is 13.0 Å². The van der Waals surface area contributed by atoms with Gasteiger partial charge in [-0.25, -0.2) is 22.2 Å². The molecule has 1 unspecified atom stereocenters. The number of nitrogens with zero attached hydrogens (tertiary/aromatic N) is 2. The maximum Gasteiger partial charge on any atom is 0.240 e. The minimum Gasteiger partial charge on any atom is -0.385 e. The maximum absolute atomic E-state index is 14.2. The number of aryl methyl sites for hydroxylation is 1. The molecule has 1 atom stereocenters. The summed E-state index contributed by atoms with van der Waals surface area (Å²) in [5.74, 6) is -0.652. The van der Waals surface area contributed by atoms with Crippen molar-refractivity contribution in [2.75, 3.05) is 13.7 Å². The molecule has 23 heavy (non-hydrogen) atoms. The van der Waals surface area contributed by atoms with Crippen LogP contribution in [0, 0.1) is 12.7 Å². The molecular formula is C15H20FN3O3S. The number of hydrogen-bond donors (Lipinski definition) is 1. The van der Waals surface area contributed by atoms with Gasteiger partial charge in [-0.05, 0) is 44.0 Å². The molecule has 1 heterocycles. The molecule has 0 saturated heterocycles. The summed E-state index contributed by atoms with van der Waals surface area (Å²) in [4.78, 5) is -0.119. The molecule has 0 aliphatic carbocycles. The average molecular weight is 341 g/mol. The van der Waals surface area contributed by atoms with Gasteiger partial charge in [0.15, 0.2) is 0 Å². The number of sulfonamides is 1. The van der Waals surface area contributed by atoms with E-state index in [1.165, 1.54) is 16.8 Å². The predicted octanol–water partition coefficient (Wildman–Crippen LogP) is 2.02. The minimum atomic E-state index is -3.78. The highest BCUT2D eigenvalue weighted by Gasteiger charge is 2.19. The lowest BCUT2D eigenvalue weighted by Crippen LogP contribution is -2.33. The topological polar surface area (TPSA) is 73.2 Å². The van der Waals surface area contributed by atoms with E-state index in [1.54, 1.807) is 26.4 Å². The van der Waals surface area contributed by atoms with Gasteiger partial charge in [-0.15, -0.1) is 0 Å². The number of benzene rings is 1. The van der Waals surface area contributed by atoms with Crippen molar-refractivity contribution in [3.63, 3.8) is 0 Å². The summed E-state index contributed by atoms with van der Waals surface area (Å²) < 4.78 is 47.6. The fraction of sp³-hybridized carbons (Fsp3) is 0.400. The minimum absolute atomic E-state index is 0.119. The Labute approximate surface area is 135 Å². The van der Waals surface area contributed by atoms with Crippen molar-refractivity contribution >= 4 is 10.0 Å². The van der Waals surface area contributed by atoms with Crippen molar-refractivity contribution in [3.05, 3.63) is 42.0 Å². The smallest absolute Gasteiger partial charge is 0.240 e. The Kier molecular flexibility index (Phi) is 5.51. The van der Waals surface area contributed by atoms with E-state index < -0.39 is 15.8 Å². The Morgan fingerprint density at radius 2 is 2.17 bits per heavy atom. The van der Waals surface area contributed by atoms with Gasteiger partial charge in [-0.3, -0.25) is 0 Å².